The van der Waals surface area contributed by atoms with Crippen molar-refractivity contribution in [2.24, 2.45) is 0 Å². The molecule has 1 amide bonds. The van der Waals surface area contributed by atoms with Crippen LogP contribution < -0.4 is 0 Å². The summed E-state index contributed by atoms with van der Waals surface area (Å²) in [6.07, 6.45) is 2.01. The van der Waals surface area contributed by atoms with Gasteiger partial charge in [-0.25, -0.2) is 0 Å². The maximum Gasteiger partial charge on any atom is 0.237 e. The van der Waals surface area contributed by atoms with E-state index in [0.29, 0.717) is 0 Å². The number of nitrogens with zero attached hydrogens (tertiary/aromatic N) is 1. The molecule has 0 radical (unpaired) electrons. The standard InChI is InChI=1S/C6H12ClNOS/c1-8(3-4-10-2)6(9)5-7/h3-5H2,1-2H3. The van der Waals surface area contributed by atoms with E-state index in [0.717, 1.165) is 12.3 Å². The van der Waals surface area contributed by atoms with Crippen molar-refractivity contribution in [3.8, 4) is 0 Å². The quantitative estimate of drug-likeness (QED) is 0.605. The second kappa shape index (κ2) is 5.86. The van der Waals surface area contributed by atoms with Crippen molar-refractivity contribution < 1.29 is 4.79 Å². The maximum atomic E-state index is 10.8. The number of rotatable bonds is 4. The molecule has 0 spiro atoms. The van der Waals surface area contributed by atoms with Crippen molar-refractivity contribution in [2.75, 3.05) is 31.5 Å². The van der Waals surface area contributed by atoms with Gasteiger partial charge in [-0.15, -0.1) is 11.6 Å². The highest BCUT2D eigenvalue weighted by molar-refractivity contribution is 7.98. The van der Waals surface area contributed by atoms with Crippen LogP contribution in [0.15, 0.2) is 0 Å². The summed E-state index contributed by atoms with van der Waals surface area (Å²) in [4.78, 5) is 12.4. The summed E-state index contributed by atoms with van der Waals surface area (Å²) < 4.78 is 0. The van der Waals surface area contributed by atoms with E-state index in [1.54, 1.807) is 23.7 Å². The minimum atomic E-state index is -0.00397. The first-order valence-electron chi connectivity index (χ1n) is 3.01. The van der Waals surface area contributed by atoms with Crippen LogP contribution in [-0.4, -0.2) is 42.3 Å². The average Bonchev–Trinajstić information content (AvgIpc) is 1.98. The van der Waals surface area contributed by atoms with Crippen LogP contribution in [-0.2, 0) is 4.79 Å². The van der Waals surface area contributed by atoms with Gasteiger partial charge in [0, 0.05) is 19.3 Å². The van der Waals surface area contributed by atoms with E-state index in [4.69, 9.17) is 11.6 Å². The monoisotopic (exact) mass is 181 g/mol. The van der Waals surface area contributed by atoms with Gasteiger partial charge in [0.25, 0.3) is 0 Å². The zero-order chi connectivity index (χ0) is 7.98. The fourth-order valence-electron chi connectivity index (χ4n) is 0.455. The molecule has 0 saturated heterocycles. The first kappa shape index (κ1) is 10.1. The molecule has 0 aliphatic carbocycles. The fourth-order valence-corrected chi connectivity index (χ4v) is 1.12. The normalized spacial score (nSPS) is 9.50. The molecule has 0 aliphatic heterocycles. The molecule has 0 heterocycles. The molecule has 0 fully saturated rings. The summed E-state index contributed by atoms with van der Waals surface area (Å²) in [7, 11) is 1.76. The van der Waals surface area contributed by atoms with Gasteiger partial charge in [-0.2, -0.15) is 11.8 Å². The molecule has 10 heavy (non-hydrogen) atoms. The number of carbonyl (C=O) groups is 1. The average molecular weight is 182 g/mol. The Morgan fingerprint density at radius 2 is 2.30 bits per heavy atom. The number of hydrogen-bond donors (Lipinski definition) is 0. The van der Waals surface area contributed by atoms with Crippen LogP contribution in [0.3, 0.4) is 0 Å². The van der Waals surface area contributed by atoms with Crippen LogP contribution >= 0.6 is 23.4 Å². The summed E-state index contributed by atoms with van der Waals surface area (Å²) in [5.74, 6) is 1.06. The van der Waals surface area contributed by atoms with E-state index >= 15 is 0 Å². The SMILES string of the molecule is CSCCN(C)C(=O)CCl. The van der Waals surface area contributed by atoms with Crippen molar-refractivity contribution in [1.82, 2.24) is 4.90 Å². The van der Waals surface area contributed by atoms with E-state index in [-0.39, 0.29) is 11.8 Å². The van der Waals surface area contributed by atoms with Gasteiger partial charge >= 0.3 is 0 Å². The first-order valence-corrected chi connectivity index (χ1v) is 4.94. The molecule has 0 aromatic rings. The Bertz CT molecular complexity index is 110. The summed E-state index contributed by atoms with van der Waals surface area (Å²) in [6.45, 7) is 0.784. The topological polar surface area (TPSA) is 20.3 Å². The predicted octanol–water partition coefficient (Wildman–Crippen LogP) is 1.05. The van der Waals surface area contributed by atoms with E-state index in [9.17, 15) is 4.79 Å². The van der Waals surface area contributed by atoms with Gasteiger partial charge in [-0.05, 0) is 6.26 Å². The minimum absolute atomic E-state index is 0.00397. The molecule has 2 nitrogen and oxygen atoms in total. The van der Waals surface area contributed by atoms with Gasteiger partial charge in [0.2, 0.25) is 5.91 Å². The Balaban J connectivity index is 3.41. The third-order valence-electron chi connectivity index (χ3n) is 1.17. The largest absolute Gasteiger partial charge is 0.344 e. The number of hydrogen-bond acceptors (Lipinski definition) is 2. The lowest BCUT2D eigenvalue weighted by molar-refractivity contribution is -0.126. The minimum Gasteiger partial charge on any atom is -0.344 e. The van der Waals surface area contributed by atoms with Crippen molar-refractivity contribution in [3.63, 3.8) is 0 Å². The van der Waals surface area contributed by atoms with E-state index < -0.39 is 0 Å². The second-order valence-electron chi connectivity index (χ2n) is 1.94. The number of amides is 1. The molecule has 0 rings (SSSR count). The molecular formula is C6H12ClNOS. The molecule has 0 aromatic carbocycles. The molecule has 0 saturated carbocycles. The maximum absolute atomic E-state index is 10.8. The molecule has 0 aliphatic rings. The number of alkyl halides is 1. The third kappa shape index (κ3) is 4.01. The Kier molecular flexibility index (Phi) is 5.93. The van der Waals surface area contributed by atoms with E-state index in [2.05, 4.69) is 0 Å². The van der Waals surface area contributed by atoms with Gasteiger partial charge in [0.15, 0.2) is 0 Å². The zero-order valence-electron chi connectivity index (χ0n) is 6.26. The number of carbonyl (C=O) groups excluding carboxylic acids is 1. The van der Waals surface area contributed by atoms with Crippen LogP contribution in [0.25, 0.3) is 0 Å². The van der Waals surface area contributed by atoms with Gasteiger partial charge in [-0.3, -0.25) is 4.79 Å². The fraction of sp³-hybridized carbons (Fsp3) is 0.833. The third-order valence-corrected chi connectivity index (χ3v) is 1.99. The van der Waals surface area contributed by atoms with Crippen molar-refractivity contribution in [1.29, 1.82) is 0 Å². The lowest BCUT2D eigenvalue weighted by Crippen LogP contribution is -2.29. The molecule has 0 aromatic heterocycles. The van der Waals surface area contributed by atoms with Gasteiger partial charge < -0.3 is 4.90 Å². The molecule has 0 N–H and O–H groups in total. The van der Waals surface area contributed by atoms with Crippen molar-refractivity contribution >= 4 is 29.3 Å². The van der Waals surface area contributed by atoms with E-state index in [1.807, 2.05) is 6.26 Å². The van der Waals surface area contributed by atoms with Crippen LogP contribution in [0.5, 0.6) is 0 Å². The summed E-state index contributed by atoms with van der Waals surface area (Å²) >= 11 is 7.05. The number of thioether (sulfide) groups is 1. The Morgan fingerprint density at radius 3 is 2.70 bits per heavy atom. The molecule has 4 heteroatoms. The van der Waals surface area contributed by atoms with Gasteiger partial charge in [0.05, 0.1) is 0 Å². The summed E-state index contributed by atoms with van der Waals surface area (Å²) in [5.41, 5.74) is 0. The van der Waals surface area contributed by atoms with Crippen molar-refractivity contribution in [3.05, 3.63) is 0 Å². The Hall–Kier alpha value is 0.110. The highest BCUT2D eigenvalue weighted by atomic mass is 35.5. The highest BCUT2D eigenvalue weighted by Crippen LogP contribution is 1.94. The lowest BCUT2D eigenvalue weighted by Gasteiger charge is -2.13. The lowest BCUT2D eigenvalue weighted by atomic mass is 10.5. The smallest absolute Gasteiger partial charge is 0.237 e. The first-order chi connectivity index (χ1) is 4.72. The van der Waals surface area contributed by atoms with Crippen molar-refractivity contribution in [2.45, 2.75) is 0 Å². The second-order valence-corrected chi connectivity index (χ2v) is 3.19. The summed E-state index contributed by atoms with van der Waals surface area (Å²) in [6, 6.07) is 0. The van der Waals surface area contributed by atoms with Crippen LogP contribution in [0.1, 0.15) is 0 Å². The van der Waals surface area contributed by atoms with Gasteiger partial charge in [-0.1, -0.05) is 0 Å². The highest BCUT2D eigenvalue weighted by Gasteiger charge is 2.04. The Labute approximate surface area is 70.9 Å². The number of halogens is 1. The van der Waals surface area contributed by atoms with Crippen LogP contribution in [0.2, 0.25) is 0 Å². The van der Waals surface area contributed by atoms with Gasteiger partial charge in [0.1, 0.15) is 5.88 Å². The van der Waals surface area contributed by atoms with Crippen LogP contribution in [0.4, 0.5) is 0 Å². The molecule has 60 valence electrons. The summed E-state index contributed by atoms with van der Waals surface area (Å²) in [5, 5.41) is 0. The molecule has 0 bridgehead atoms. The van der Waals surface area contributed by atoms with E-state index in [1.165, 1.54) is 0 Å². The predicted molar refractivity (Wildman–Crippen MR) is 46.7 cm³/mol. The molecule has 0 unspecified atom stereocenters. The molecule has 0 atom stereocenters. The zero-order valence-corrected chi connectivity index (χ0v) is 7.84. The Morgan fingerprint density at radius 1 is 1.70 bits per heavy atom. The molecular weight excluding hydrogens is 170 g/mol. The van der Waals surface area contributed by atoms with Crippen LogP contribution in [0, 0.1) is 0 Å².